The average molecular weight is 356 g/mol. The smallest absolute Gasteiger partial charge is 0.259 e. The van der Waals surface area contributed by atoms with Crippen molar-refractivity contribution in [2.45, 2.75) is 33.1 Å². The highest BCUT2D eigenvalue weighted by atomic mass is 32.1. The summed E-state index contributed by atoms with van der Waals surface area (Å²) in [5.74, 6) is 0.585. The van der Waals surface area contributed by atoms with Gasteiger partial charge in [0.1, 0.15) is 10.7 Å². The predicted molar refractivity (Wildman–Crippen MR) is 99.0 cm³/mol. The van der Waals surface area contributed by atoms with Crippen molar-refractivity contribution in [1.82, 2.24) is 20.3 Å². The molecule has 0 aliphatic heterocycles. The number of fused-ring (bicyclic) bond motifs is 1. The Hall–Kier alpha value is -2.54. The van der Waals surface area contributed by atoms with Crippen LogP contribution in [0, 0.1) is 13.8 Å². The maximum absolute atomic E-state index is 12.2. The molecule has 0 fully saturated rings. The number of carbonyl (C=O) groups is 1. The monoisotopic (exact) mass is 356 g/mol. The van der Waals surface area contributed by atoms with E-state index in [9.17, 15) is 9.59 Å². The van der Waals surface area contributed by atoms with Gasteiger partial charge in [0.05, 0.1) is 5.39 Å². The van der Waals surface area contributed by atoms with Gasteiger partial charge in [-0.05, 0) is 37.5 Å². The van der Waals surface area contributed by atoms with Gasteiger partial charge in [0.15, 0.2) is 0 Å². The van der Waals surface area contributed by atoms with Crippen LogP contribution in [0.5, 0.6) is 0 Å². The fraction of sp³-hybridized carbons (Fsp3) is 0.333. The van der Waals surface area contributed by atoms with Crippen LogP contribution in [0.1, 0.15) is 28.2 Å². The topological polar surface area (TPSA) is 87.7 Å². The van der Waals surface area contributed by atoms with Gasteiger partial charge in [-0.25, -0.2) is 4.98 Å². The van der Waals surface area contributed by atoms with E-state index in [1.807, 2.05) is 26.0 Å². The molecule has 130 valence electrons. The van der Waals surface area contributed by atoms with Crippen molar-refractivity contribution in [3.8, 4) is 0 Å². The second-order valence-electron chi connectivity index (χ2n) is 5.94. The van der Waals surface area contributed by atoms with E-state index in [2.05, 4.69) is 20.3 Å². The zero-order valence-electron chi connectivity index (χ0n) is 14.3. The number of pyridine rings is 1. The number of aryl methyl sites for hydroxylation is 3. The van der Waals surface area contributed by atoms with Crippen LogP contribution in [0.3, 0.4) is 0 Å². The van der Waals surface area contributed by atoms with E-state index in [1.165, 1.54) is 11.3 Å². The maximum Gasteiger partial charge on any atom is 0.259 e. The first-order chi connectivity index (χ1) is 12.0. The molecule has 0 bridgehead atoms. The van der Waals surface area contributed by atoms with Gasteiger partial charge in [0.25, 0.3) is 5.56 Å². The number of H-pyrrole nitrogens is 1. The molecule has 1 amide bonds. The standard InChI is InChI=1S/C18H20N4O2S/c1-11-12(2)25-18-16(11)17(24)21-14(22-18)7-9-20-15(23)6-5-13-4-3-8-19-10-13/h3-4,8,10H,5-7,9H2,1-2H3,(H,20,23)(H,21,22,24). The molecule has 3 aromatic rings. The zero-order valence-corrected chi connectivity index (χ0v) is 15.1. The van der Waals surface area contributed by atoms with E-state index in [0.29, 0.717) is 37.0 Å². The fourth-order valence-corrected chi connectivity index (χ4v) is 3.68. The molecular weight excluding hydrogens is 336 g/mol. The van der Waals surface area contributed by atoms with Crippen LogP contribution >= 0.6 is 11.3 Å². The number of aromatic amines is 1. The molecule has 0 saturated carbocycles. The molecule has 0 atom stereocenters. The molecule has 0 unspecified atom stereocenters. The minimum absolute atomic E-state index is 0.0184. The first-order valence-corrected chi connectivity index (χ1v) is 9.00. The second-order valence-corrected chi connectivity index (χ2v) is 7.14. The highest BCUT2D eigenvalue weighted by Crippen LogP contribution is 2.25. The van der Waals surface area contributed by atoms with Gasteiger partial charge >= 0.3 is 0 Å². The number of aromatic nitrogens is 3. The molecule has 3 rings (SSSR count). The normalized spacial score (nSPS) is 11.0. The number of rotatable bonds is 6. The van der Waals surface area contributed by atoms with Crippen molar-refractivity contribution in [2.24, 2.45) is 0 Å². The van der Waals surface area contributed by atoms with Crippen LogP contribution < -0.4 is 10.9 Å². The Bertz CT molecular complexity index is 947. The summed E-state index contributed by atoms with van der Waals surface area (Å²) in [6, 6.07) is 3.81. The maximum atomic E-state index is 12.2. The fourth-order valence-electron chi connectivity index (χ4n) is 2.63. The molecule has 0 aliphatic carbocycles. The number of nitrogens with zero attached hydrogens (tertiary/aromatic N) is 2. The van der Waals surface area contributed by atoms with Gasteiger partial charge in [-0.2, -0.15) is 0 Å². The summed E-state index contributed by atoms with van der Waals surface area (Å²) in [4.78, 5) is 37.3. The summed E-state index contributed by atoms with van der Waals surface area (Å²) >= 11 is 1.53. The number of nitrogens with one attached hydrogen (secondary N) is 2. The predicted octanol–water partition coefficient (Wildman–Crippen LogP) is 2.29. The third kappa shape index (κ3) is 4.11. The van der Waals surface area contributed by atoms with Crippen LogP contribution in [0.15, 0.2) is 29.3 Å². The molecule has 0 saturated heterocycles. The number of amides is 1. The summed E-state index contributed by atoms with van der Waals surface area (Å²) in [6.45, 7) is 4.38. The first-order valence-electron chi connectivity index (χ1n) is 8.19. The summed E-state index contributed by atoms with van der Waals surface area (Å²) in [6.07, 6.45) is 5.05. The largest absolute Gasteiger partial charge is 0.356 e. The van der Waals surface area contributed by atoms with E-state index in [-0.39, 0.29) is 11.5 Å². The molecule has 0 radical (unpaired) electrons. The zero-order chi connectivity index (χ0) is 17.8. The lowest BCUT2D eigenvalue weighted by Crippen LogP contribution is -2.27. The minimum atomic E-state index is -0.107. The second kappa shape index (κ2) is 7.57. The van der Waals surface area contributed by atoms with E-state index >= 15 is 0 Å². The summed E-state index contributed by atoms with van der Waals surface area (Å²) in [5.41, 5.74) is 1.92. The molecule has 0 spiro atoms. The van der Waals surface area contributed by atoms with Gasteiger partial charge in [-0.1, -0.05) is 6.07 Å². The van der Waals surface area contributed by atoms with Crippen LogP contribution in [-0.4, -0.2) is 27.4 Å². The average Bonchev–Trinajstić information content (AvgIpc) is 2.88. The Morgan fingerprint density at radius 1 is 1.32 bits per heavy atom. The minimum Gasteiger partial charge on any atom is -0.356 e. The Kier molecular flexibility index (Phi) is 5.23. The van der Waals surface area contributed by atoms with Crippen molar-refractivity contribution in [3.63, 3.8) is 0 Å². The lowest BCUT2D eigenvalue weighted by Gasteiger charge is -2.05. The number of hydrogen-bond donors (Lipinski definition) is 2. The number of thiophene rings is 1. The number of hydrogen-bond acceptors (Lipinski definition) is 5. The Morgan fingerprint density at radius 3 is 2.92 bits per heavy atom. The molecule has 0 aliphatic rings. The number of carbonyl (C=O) groups excluding carboxylic acids is 1. The molecule has 7 heteroatoms. The van der Waals surface area contributed by atoms with Gasteiger partial charge in [0.2, 0.25) is 5.91 Å². The summed E-state index contributed by atoms with van der Waals surface area (Å²) in [7, 11) is 0. The van der Waals surface area contributed by atoms with Crippen LogP contribution in [-0.2, 0) is 17.6 Å². The molecule has 25 heavy (non-hydrogen) atoms. The highest BCUT2D eigenvalue weighted by Gasteiger charge is 2.11. The molecule has 2 N–H and O–H groups in total. The Balaban J connectivity index is 1.54. The molecule has 0 aromatic carbocycles. The van der Waals surface area contributed by atoms with E-state index in [0.717, 1.165) is 20.8 Å². The molecule has 6 nitrogen and oxygen atoms in total. The molecule has 3 aromatic heterocycles. The van der Waals surface area contributed by atoms with Crippen molar-refractivity contribution in [2.75, 3.05) is 6.54 Å². The van der Waals surface area contributed by atoms with Crippen LogP contribution in [0.25, 0.3) is 10.2 Å². The lowest BCUT2D eigenvalue weighted by atomic mass is 10.1. The van der Waals surface area contributed by atoms with Crippen molar-refractivity contribution in [3.05, 3.63) is 56.7 Å². The Labute approximate surface area is 149 Å². The van der Waals surface area contributed by atoms with Gasteiger partial charge in [-0.15, -0.1) is 11.3 Å². The molecular formula is C18H20N4O2S. The van der Waals surface area contributed by atoms with Gasteiger partial charge in [0, 0.05) is 36.7 Å². The first kappa shape index (κ1) is 17.3. The van der Waals surface area contributed by atoms with Gasteiger partial charge in [-0.3, -0.25) is 14.6 Å². The molecule has 3 heterocycles. The van der Waals surface area contributed by atoms with Crippen LogP contribution in [0.2, 0.25) is 0 Å². The van der Waals surface area contributed by atoms with E-state index in [1.54, 1.807) is 12.4 Å². The summed E-state index contributed by atoms with van der Waals surface area (Å²) < 4.78 is 0. The van der Waals surface area contributed by atoms with E-state index < -0.39 is 0 Å². The third-order valence-corrected chi connectivity index (χ3v) is 5.24. The van der Waals surface area contributed by atoms with Crippen LogP contribution in [0.4, 0.5) is 0 Å². The highest BCUT2D eigenvalue weighted by molar-refractivity contribution is 7.18. The SMILES string of the molecule is Cc1sc2nc(CCNC(=O)CCc3cccnc3)[nH]c(=O)c2c1C. The summed E-state index contributed by atoms with van der Waals surface area (Å²) in [5, 5.41) is 3.54. The van der Waals surface area contributed by atoms with Gasteiger partial charge < -0.3 is 10.3 Å². The van der Waals surface area contributed by atoms with Crippen molar-refractivity contribution in [1.29, 1.82) is 0 Å². The third-order valence-electron chi connectivity index (χ3n) is 4.14. The van der Waals surface area contributed by atoms with Crippen molar-refractivity contribution >= 4 is 27.5 Å². The van der Waals surface area contributed by atoms with Crippen molar-refractivity contribution < 1.29 is 4.79 Å². The quantitative estimate of drug-likeness (QED) is 0.709. The van der Waals surface area contributed by atoms with E-state index in [4.69, 9.17) is 0 Å². The lowest BCUT2D eigenvalue weighted by molar-refractivity contribution is -0.121. The Morgan fingerprint density at radius 2 is 2.16 bits per heavy atom.